The molecule has 2 aromatic rings. The fourth-order valence-electron chi connectivity index (χ4n) is 2.94. The summed E-state index contributed by atoms with van der Waals surface area (Å²) in [7, 11) is 0. The molecule has 152 valence electrons. The van der Waals surface area contributed by atoms with E-state index in [0.29, 0.717) is 31.9 Å². The van der Waals surface area contributed by atoms with Gasteiger partial charge in [0, 0.05) is 6.54 Å². The first kappa shape index (κ1) is 20.6. The predicted molar refractivity (Wildman–Crippen MR) is 87.9 cm³/mol. The number of morpholine rings is 1. The Labute approximate surface area is 157 Å². The molecule has 0 bridgehead atoms. The summed E-state index contributed by atoms with van der Waals surface area (Å²) in [6.45, 7) is 0.571. The highest BCUT2D eigenvalue weighted by molar-refractivity contribution is 5.33. The monoisotopic (exact) mass is 405 g/mol. The maximum atomic E-state index is 13.0. The minimum absolute atomic E-state index is 0.102. The van der Waals surface area contributed by atoms with Gasteiger partial charge in [0.2, 0.25) is 0 Å². The second-order valence-electron chi connectivity index (χ2n) is 6.33. The third kappa shape index (κ3) is 5.03. The lowest BCUT2D eigenvalue weighted by atomic mass is 10.1. The molecule has 1 saturated heterocycles. The van der Waals surface area contributed by atoms with Crippen LogP contribution in [0.25, 0.3) is 0 Å². The zero-order valence-corrected chi connectivity index (χ0v) is 14.6. The Morgan fingerprint density at radius 1 is 0.929 bits per heavy atom. The molecule has 1 aliphatic heterocycles. The van der Waals surface area contributed by atoms with Crippen molar-refractivity contribution in [1.29, 1.82) is 0 Å². The summed E-state index contributed by atoms with van der Waals surface area (Å²) in [5.41, 5.74) is -2.05. The summed E-state index contributed by atoms with van der Waals surface area (Å²) < 4.78 is 83.3. The van der Waals surface area contributed by atoms with Crippen molar-refractivity contribution >= 4 is 0 Å². The molecule has 1 fully saturated rings. The Morgan fingerprint density at radius 2 is 1.54 bits per heavy atom. The molecule has 0 amide bonds. The summed E-state index contributed by atoms with van der Waals surface area (Å²) in [4.78, 5) is 5.59. The zero-order valence-electron chi connectivity index (χ0n) is 14.6. The molecule has 0 aliphatic carbocycles. The average molecular weight is 405 g/mol. The van der Waals surface area contributed by atoms with E-state index >= 15 is 0 Å². The molecule has 3 rings (SSSR count). The standard InChI is InChI=1S/C19H17F6NO2/c20-18(21,22)15-8-13(9-16(10-15)19(23,24)25)11-28-26-6-7-27-12-17(26)14-4-2-1-3-5-14/h1-5,8-10,17H,6-7,11-12H2. The minimum atomic E-state index is -4.89. The van der Waals surface area contributed by atoms with E-state index in [1.54, 1.807) is 0 Å². The Hall–Kier alpha value is -2.10. The van der Waals surface area contributed by atoms with Gasteiger partial charge in [-0.1, -0.05) is 30.3 Å². The van der Waals surface area contributed by atoms with Crippen molar-refractivity contribution in [3.05, 3.63) is 70.8 Å². The van der Waals surface area contributed by atoms with Crippen molar-refractivity contribution in [1.82, 2.24) is 5.06 Å². The smallest absolute Gasteiger partial charge is 0.378 e. The molecular formula is C19H17F6NO2. The molecule has 0 radical (unpaired) electrons. The number of nitrogens with zero attached hydrogens (tertiary/aromatic N) is 1. The van der Waals surface area contributed by atoms with Gasteiger partial charge in [-0.05, 0) is 29.3 Å². The molecule has 0 spiro atoms. The van der Waals surface area contributed by atoms with Gasteiger partial charge in [-0.15, -0.1) is 0 Å². The molecule has 9 heteroatoms. The SMILES string of the molecule is FC(F)(F)c1cc(CON2CCOCC2c2ccccc2)cc(C(F)(F)F)c1. The molecular weight excluding hydrogens is 388 g/mol. The average Bonchev–Trinajstić information content (AvgIpc) is 2.66. The van der Waals surface area contributed by atoms with Crippen molar-refractivity contribution < 1.29 is 35.9 Å². The molecule has 2 aromatic carbocycles. The summed E-state index contributed by atoms with van der Waals surface area (Å²) in [5.74, 6) is 0. The lowest BCUT2D eigenvalue weighted by Crippen LogP contribution is -2.39. The van der Waals surface area contributed by atoms with Gasteiger partial charge >= 0.3 is 12.4 Å². The van der Waals surface area contributed by atoms with E-state index < -0.39 is 30.1 Å². The van der Waals surface area contributed by atoms with E-state index in [4.69, 9.17) is 9.57 Å². The first-order chi connectivity index (χ1) is 13.1. The second-order valence-corrected chi connectivity index (χ2v) is 6.33. The molecule has 1 aliphatic rings. The minimum Gasteiger partial charge on any atom is -0.378 e. The van der Waals surface area contributed by atoms with Crippen LogP contribution >= 0.6 is 0 Å². The van der Waals surface area contributed by atoms with E-state index in [9.17, 15) is 26.3 Å². The van der Waals surface area contributed by atoms with Gasteiger partial charge in [0.05, 0.1) is 37.0 Å². The molecule has 1 unspecified atom stereocenters. The Bertz CT molecular complexity index is 759. The summed E-state index contributed by atoms with van der Waals surface area (Å²) >= 11 is 0. The Balaban J connectivity index is 1.81. The van der Waals surface area contributed by atoms with Crippen molar-refractivity contribution in [2.24, 2.45) is 0 Å². The Morgan fingerprint density at radius 3 is 2.11 bits per heavy atom. The van der Waals surface area contributed by atoms with Crippen molar-refractivity contribution in [3.63, 3.8) is 0 Å². The van der Waals surface area contributed by atoms with Gasteiger partial charge < -0.3 is 4.74 Å². The first-order valence-corrected chi connectivity index (χ1v) is 8.45. The molecule has 28 heavy (non-hydrogen) atoms. The van der Waals surface area contributed by atoms with Crippen LogP contribution < -0.4 is 0 Å². The number of alkyl halides is 6. The van der Waals surface area contributed by atoms with E-state index in [1.165, 1.54) is 5.06 Å². The number of hydrogen-bond acceptors (Lipinski definition) is 3. The van der Waals surface area contributed by atoms with Gasteiger partial charge in [-0.3, -0.25) is 4.84 Å². The van der Waals surface area contributed by atoms with Crippen LogP contribution in [0.4, 0.5) is 26.3 Å². The van der Waals surface area contributed by atoms with Crippen LogP contribution in [-0.2, 0) is 28.5 Å². The highest BCUT2D eigenvalue weighted by atomic mass is 19.4. The number of halogens is 6. The number of ether oxygens (including phenoxy) is 1. The van der Waals surface area contributed by atoms with Crippen molar-refractivity contribution in [2.75, 3.05) is 19.8 Å². The van der Waals surface area contributed by atoms with E-state index in [1.807, 2.05) is 30.3 Å². The van der Waals surface area contributed by atoms with Gasteiger partial charge in [0.25, 0.3) is 0 Å². The highest BCUT2D eigenvalue weighted by Crippen LogP contribution is 2.36. The first-order valence-electron chi connectivity index (χ1n) is 8.45. The van der Waals surface area contributed by atoms with Crippen LogP contribution in [0.5, 0.6) is 0 Å². The van der Waals surface area contributed by atoms with E-state index in [2.05, 4.69) is 0 Å². The van der Waals surface area contributed by atoms with Crippen LogP contribution in [0.15, 0.2) is 48.5 Å². The van der Waals surface area contributed by atoms with Gasteiger partial charge in [-0.2, -0.15) is 31.4 Å². The molecule has 3 nitrogen and oxygen atoms in total. The fourth-order valence-corrected chi connectivity index (χ4v) is 2.94. The van der Waals surface area contributed by atoms with Crippen molar-refractivity contribution in [2.45, 2.75) is 25.0 Å². The number of hydrogen-bond donors (Lipinski definition) is 0. The third-order valence-corrected chi connectivity index (χ3v) is 4.31. The maximum Gasteiger partial charge on any atom is 0.416 e. The topological polar surface area (TPSA) is 21.7 Å². The van der Waals surface area contributed by atoms with Crippen LogP contribution in [-0.4, -0.2) is 24.8 Å². The zero-order chi connectivity index (χ0) is 20.4. The fraction of sp³-hybridized carbons (Fsp3) is 0.368. The number of hydroxylamine groups is 2. The summed E-state index contributed by atoms with van der Waals surface area (Å²) in [6.07, 6.45) is -9.77. The third-order valence-electron chi connectivity index (χ3n) is 4.31. The summed E-state index contributed by atoms with van der Waals surface area (Å²) in [5, 5.41) is 1.53. The second kappa shape index (κ2) is 8.10. The molecule has 0 N–H and O–H groups in total. The summed E-state index contributed by atoms with van der Waals surface area (Å²) in [6, 6.07) is 10.3. The number of rotatable bonds is 4. The van der Waals surface area contributed by atoms with Gasteiger partial charge in [0.1, 0.15) is 0 Å². The molecule has 0 aromatic heterocycles. The van der Waals surface area contributed by atoms with Crippen LogP contribution in [0, 0.1) is 0 Å². The van der Waals surface area contributed by atoms with E-state index in [0.717, 1.165) is 5.56 Å². The highest BCUT2D eigenvalue weighted by Gasteiger charge is 2.37. The predicted octanol–water partition coefficient (Wildman–Crippen LogP) is 5.23. The Kier molecular flexibility index (Phi) is 5.97. The molecule has 1 atom stereocenters. The normalized spacial score (nSPS) is 19.0. The van der Waals surface area contributed by atoms with Crippen LogP contribution in [0.3, 0.4) is 0 Å². The number of benzene rings is 2. The van der Waals surface area contributed by atoms with Crippen molar-refractivity contribution in [3.8, 4) is 0 Å². The lowest BCUT2D eigenvalue weighted by molar-refractivity contribution is -0.235. The van der Waals surface area contributed by atoms with Gasteiger partial charge in [-0.25, -0.2) is 0 Å². The molecule has 1 heterocycles. The molecule has 0 saturated carbocycles. The lowest BCUT2D eigenvalue weighted by Gasteiger charge is -2.34. The van der Waals surface area contributed by atoms with Crippen LogP contribution in [0.2, 0.25) is 0 Å². The largest absolute Gasteiger partial charge is 0.416 e. The van der Waals surface area contributed by atoms with Crippen LogP contribution in [0.1, 0.15) is 28.3 Å². The van der Waals surface area contributed by atoms with E-state index in [-0.39, 0.29) is 17.7 Å². The quantitative estimate of drug-likeness (QED) is 0.651. The maximum absolute atomic E-state index is 13.0. The van der Waals surface area contributed by atoms with Gasteiger partial charge in [0.15, 0.2) is 0 Å².